The predicted octanol–water partition coefficient (Wildman–Crippen LogP) is 0.206. The van der Waals surface area contributed by atoms with Crippen molar-refractivity contribution in [3.8, 4) is 0 Å². The van der Waals surface area contributed by atoms with Crippen molar-refractivity contribution in [2.75, 3.05) is 6.26 Å². The molecule has 0 aliphatic heterocycles. The summed E-state index contributed by atoms with van der Waals surface area (Å²) in [7, 11) is -3.87. The third-order valence-electron chi connectivity index (χ3n) is 5.83. The minimum atomic E-state index is -3.87. The second kappa shape index (κ2) is 4.97. The average Bonchev–Trinajstić information content (AvgIpc) is 2.34. The van der Waals surface area contributed by atoms with Gasteiger partial charge in [0.25, 0.3) is 5.03 Å². The van der Waals surface area contributed by atoms with Crippen molar-refractivity contribution in [2.24, 2.45) is 22.7 Å². The summed E-state index contributed by atoms with van der Waals surface area (Å²) in [6, 6.07) is 0. The Hall–Kier alpha value is -1.55. The number of carboxylic acid groups (broad SMARTS) is 1. The van der Waals surface area contributed by atoms with Crippen LogP contribution in [0, 0.1) is 29.2 Å². The first-order chi connectivity index (χ1) is 10.6. The monoisotopic (exact) mass is 337 g/mol. The summed E-state index contributed by atoms with van der Waals surface area (Å²) in [6.07, 6.45) is 4.82. The van der Waals surface area contributed by atoms with Crippen molar-refractivity contribution in [2.45, 2.75) is 44.9 Å². The Morgan fingerprint density at radius 3 is 2.22 bits per heavy atom. The number of nitrogens with zero attached hydrogens (tertiary/aromatic N) is 1. The van der Waals surface area contributed by atoms with E-state index in [1.165, 1.54) is 0 Å². The first-order valence-electron chi connectivity index (χ1n) is 7.78. The molecule has 2 unspecified atom stereocenters. The molecular weight excluding hydrogens is 318 g/mol. The number of allylic oxidation sites excluding steroid dienone is 1. The Morgan fingerprint density at radius 2 is 1.78 bits per heavy atom. The molecule has 4 bridgehead atoms. The molecule has 0 amide bonds. The summed E-state index contributed by atoms with van der Waals surface area (Å²) < 4.78 is 23.6. The molecule has 0 aromatic carbocycles. The van der Waals surface area contributed by atoms with E-state index in [1.807, 2.05) is 0 Å². The van der Waals surface area contributed by atoms with Gasteiger partial charge < -0.3 is 15.0 Å². The molecule has 7 heteroatoms. The third-order valence-corrected chi connectivity index (χ3v) is 6.81. The van der Waals surface area contributed by atoms with Gasteiger partial charge in [0.05, 0.1) is 6.57 Å². The van der Waals surface area contributed by atoms with Gasteiger partial charge in [-0.1, -0.05) is 0 Å². The van der Waals surface area contributed by atoms with Gasteiger partial charge >= 0.3 is 0 Å². The molecule has 4 fully saturated rings. The summed E-state index contributed by atoms with van der Waals surface area (Å²) in [6.45, 7) is 7.10. The smallest absolute Gasteiger partial charge is 0.266 e. The van der Waals surface area contributed by atoms with Gasteiger partial charge in [-0.05, 0) is 67.6 Å². The largest absolute Gasteiger partial charge is 0.883 e. The molecular formula is C16H19NO5S-2. The maximum atomic E-state index is 12.9. The summed E-state index contributed by atoms with van der Waals surface area (Å²) >= 11 is 0. The van der Waals surface area contributed by atoms with Crippen LogP contribution in [0.15, 0.2) is 10.8 Å². The number of hydrogen-bond acceptors (Lipinski definition) is 5. The Bertz CT molecular complexity index is 716. The van der Waals surface area contributed by atoms with Crippen LogP contribution in [0.3, 0.4) is 0 Å². The van der Waals surface area contributed by atoms with Gasteiger partial charge in [-0.25, -0.2) is 13.3 Å². The van der Waals surface area contributed by atoms with Gasteiger partial charge in [0.1, 0.15) is 0 Å². The van der Waals surface area contributed by atoms with E-state index in [0.29, 0.717) is 19.3 Å². The first kappa shape index (κ1) is 16.3. The molecule has 0 spiro atoms. The number of sulfone groups is 1. The van der Waals surface area contributed by atoms with Crippen molar-refractivity contribution in [3.63, 3.8) is 0 Å². The number of carbonyl (C=O) groups is 1. The highest BCUT2D eigenvalue weighted by atomic mass is 32.2. The van der Waals surface area contributed by atoms with Crippen LogP contribution >= 0.6 is 0 Å². The van der Waals surface area contributed by atoms with Crippen molar-refractivity contribution in [1.82, 2.24) is 0 Å². The van der Waals surface area contributed by atoms with E-state index in [1.54, 1.807) is 0 Å². The normalized spacial score (nSPS) is 39.7. The fraction of sp³-hybridized carbons (Fsp3) is 0.750. The zero-order valence-corrected chi connectivity index (χ0v) is 13.8. The van der Waals surface area contributed by atoms with E-state index >= 15 is 0 Å². The fourth-order valence-corrected chi connectivity index (χ4v) is 6.48. The molecule has 0 heterocycles. The predicted molar refractivity (Wildman–Crippen MR) is 77.6 cm³/mol. The molecule has 4 rings (SSSR count). The molecule has 0 radical (unpaired) electrons. The molecule has 0 aromatic rings. The second-order valence-electron chi connectivity index (χ2n) is 7.81. The first-order valence-corrected chi connectivity index (χ1v) is 9.67. The van der Waals surface area contributed by atoms with Crippen LogP contribution in [-0.2, 0) is 14.6 Å². The lowest BCUT2D eigenvalue weighted by atomic mass is 9.43. The molecule has 6 nitrogen and oxygen atoms in total. The highest BCUT2D eigenvalue weighted by molar-refractivity contribution is 7.94. The quantitative estimate of drug-likeness (QED) is 0.539. The van der Waals surface area contributed by atoms with Crippen LogP contribution < -0.4 is 10.2 Å². The van der Waals surface area contributed by atoms with Crippen molar-refractivity contribution in [3.05, 3.63) is 22.2 Å². The van der Waals surface area contributed by atoms with Gasteiger partial charge in [0.15, 0.2) is 9.84 Å². The molecule has 0 N–H and O–H groups in total. The van der Waals surface area contributed by atoms with Crippen LogP contribution in [0.25, 0.3) is 4.85 Å². The molecule has 0 saturated heterocycles. The van der Waals surface area contributed by atoms with Crippen LogP contribution in [0.1, 0.15) is 44.9 Å². The maximum absolute atomic E-state index is 12.9. The SMILES string of the molecule is [C-]#[N+]C(=C([O-])C12CC3CC(CC(CC(=O)[O-])(C3)C1)C2)S(C)(=O)=O. The topological polar surface area (TPSA) is 102 Å². The summed E-state index contributed by atoms with van der Waals surface area (Å²) in [5.41, 5.74) is -1.34. The molecule has 126 valence electrons. The van der Waals surface area contributed by atoms with Crippen LogP contribution in [0.5, 0.6) is 0 Å². The summed E-state index contributed by atoms with van der Waals surface area (Å²) in [5.74, 6) is -1.23. The third kappa shape index (κ3) is 2.63. The molecule has 2 atom stereocenters. The number of carboxylic acids is 1. The minimum Gasteiger partial charge on any atom is -0.883 e. The lowest BCUT2D eigenvalue weighted by Gasteiger charge is -2.64. The number of carbonyl (C=O) groups excluding carboxylic acids is 1. The van der Waals surface area contributed by atoms with E-state index in [4.69, 9.17) is 6.57 Å². The van der Waals surface area contributed by atoms with E-state index in [9.17, 15) is 23.4 Å². The minimum absolute atomic E-state index is 0.0821. The van der Waals surface area contributed by atoms with Crippen LogP contribution in [0.2, 0.25) is 0 Å². The number of aliphatic carboxylic acids is 1. The van der Waals surface area contributed by atoms with E-state index in [0.717, 1.165) is 25.5 Å². The standard InChI is InChI=1S/C16H21NO5S/c1-17-14(23(2,21)22)13(20)16-6-10-3-11(7-16)5-15(4-10,9-16)8-12(18)19/h10-11,20H,3-9H2,2H3,(H,18,19)/p-2. The highest BCUT2D eigenvalue weighted by Crippen LogP contribution is 2.68. The van der Waals surface area contributed by atoms with E-state index in [-0.39, 0.29) is 18.3 Å². The zero-order valence-electron chi connectivity index (χ0n) is 13.0. The summed E-state index contributed by atoms with van der Waals surface area (Å²) in [5, 5.41) is 23.4. The van der Waals surface area contributed by atoms with E-state index in [2.05, 4.69) is 4.85 Å². The zero-order chi connectivity index (χ0) is 17.0. The summed E-state index contributed by atoms with van der Waals surface area (Å²) in [4.78, 5) is 14.2. The van der Waals surface area contributed by atoms with Crippen LogP contribution in [0.4, 0.5) is 0 Å². The lowest BCUT2D eigenvalue weighted by molar-refractivity contribution is -0.343. The highest BCUT2D eigenvalue weighted by Gasteiger charge is 2.57. The molecule has 0 aromatic heterocycles. The number of hydrogen-bond donors (Lipinski definition) is 0. The number of rotatable bonds is 4. The van der Waals surface area contributed by atoms with Crippen LogP contribution in [-0.4, -0.2) is 20.6 Å². The Labute approximate surface area is 135 Å². The van der Waals surface area contributed by atoms with Gasteiger partial charge in [0.2, 0.25) is 0 Å². The second-order valence-corrected chi connectivity index (χ2v) is 9.74. The fourth-order valence-electron chi connectivity index (χ4n) is 5.76. The molecule has 4 aliphatic carbocycles. The molecule has 23 heavy (non-hydrogen) atoms. The molecule has 4 aliphatic rings. The lowest BCUT2D eigenvalue weighted by Crippen LogP contribution is -2.55. The Balaban J connectivity index is 2.07. The molecule has 4 saturated carbocycles. The van der Waals surface area contributed by atoms with Gasteiger partial charge in [-0.2, -0.15) is 0 Å². The Morgan fingerprint density at radius 1 is 1.22 bits per heavy atom. The van der Waals surface area contributed by atoms with Crippen molar-refractivity contribution >= 4 is 15.8 Å². The van der Waals surface area contributed by atoms with Crippen molar-refractivity contribution < 1.29 is 23.4 Å². The average molecular weight is 337 g/mol. The Kier molecular flexibility index (Phi) is 3.53. The van der Waals surface area contributed by atoms with Gasteiger partial charge in [-0.15, -0.1) is 5.76 Å². The van der Waals surface area contributed by atoms with Gasteiger partial charge in [-0.3, -0.25) is 0 Å². The van der Waals surface area contributed by atoms with Gasteiger partial charge in [0, 0.05) is 12.2 Å². The van der Waals surface area contributed by atoms with Crippen molar-refractivity contribution in [1.29, 1.82) is 0 Å². The van der Waals surface area contributed by atoms with E-state index < -0.39 is 37.4 Å². The maximum Gasteiger partial charge on any atom is 0.266 e.